The summed E-state index contributed by atoms with van der Waals surface area (Å²) in [4.78, 5) is 15.4. The summed E-state index contributed by atoms with van der Waals surface area (Å²) in [5, 5.41) is 15.9. The van der Waals surface area contributed by atoms with Gasteiger partial charge >= 0.3 is 0 Å². The van der Waals surface area contributed by atoms with Crippen LogP contribution in [0.2, 0.25) is 0 Å². The van der Waals surface area contributed by atoms with Crippen LogP contribution in [0, 0.1) is 6.92 Å². The number of thiophene rings is 2. The first-order valence-corrected chi connectivity index (χ1v) is 8.03. The predicted octanol–water partition coefficient (Wildman–Crippen LogP) is 2.58. The highest BCUT2D eigenvalue weighted by Gasteiger charge is 2.18. The lowest BCUT2D eigenvalue weighted by Gasteiger charge is -2.12. The fourth-order valence-corrected chi connectivity index (χ4v) is 3.60. The lowest BCUT2D eigenvalue weighted by atomic mass is 10.2. The predicted molar refractivity (Wildman–Crippen MR) is 82.0 cm³/mol. The zero-order valence-corrected chi connectivity index (χ0v) is 13.1. The van der Waals surface area contributed by atoms with E-state index < -0.39 is 0 Å². The smallest absolute Gasteiger partial charge is 0.264 e. The Morgan fingerprint density at radius 2 is 2.24 bits per heavy atom. The average Bonchev–Trinajstić information content (AvgIpc) is 3.19. The van der Waals surface area contributed by atoms with E-state index in [0.29, 0.717) is 10.6 Å². The van der Waals surface area contributed by atoms with E-state index in [9.17, 15) is 4.79 Å². The Hall–Kier alpha value is -2.06. The molecule has 0 aliphatic carbocycles. The molecular weight excluding hydrogens is 306 g/mol. The number of nitrogens with zero attached hydrogens (tertiary/aromatic N) is 4. The summed E-state index contributed by atoms with van der Waals surface area (Å²) in [6.45, 7) is 4.03. The van der Waals surface area contributed by atoms with Crippen molar-refractivity contribution in [2.75, 3.05) is 0 Å². The molecule has 1 N–H and O–H groups in total. The summed E-state index contributed by atoms with van der Waals surface area (Å²) in [5.41, 5.74) is 0.692. The van der Waals surface area contributed by atoms with Crippen molar-refractivity contribution >= 4 is 28.6 Å². The van der Waals surface area contributed by atoms with Crippen molar-refractivity contribution in [1.29, 1.82) is 0 Å². The molecule has 6 nitrogen and oxygen atoms in total. The molecule has 0 bridgehead atoms. The molecule has 0 radical (unpaired) electrons. The summed E-state index contributed by atoms with van der Waals surface area (Å²) < 4.78 is 1.49. The molecule has 8 heteroatoms. The molecule has 0 saturated heterocycles. The number of tetrazole rings is 1. The van der Waals surface area contributed by atoms with Crippen LogP contribution in [0.4, 0.5) is 0 Å². The molecule has 0 aliphatic rings. The molecule has 0 spiro atoms. The lowest BCUT2D eigenvalue weighted by Crippen LogP contribution is -2.26. The highest BCUT2D eigenvalue weighted by molar-refractivity contribution is 7.12. The summed E-state index contributed by atoms with van der Waals surface area (Å²) in [7, 11) is 0. The van der Waals surface area contributed by atoms with Crippen LogP contribution >= 0.6 is 22.7 Å². The van der Waals surface area contributed by atoms with Gasteiger partial charge in [-0.1, -0.05) is 0 Å². The molecule has 0 fully saturated rings. The van der Waals surface area contributed by atoms with Crippen molar-refractivity contribution in [2.24, 2.45) is 0 Å². The van der Waals surface area contributed by atoms with Crippen molar-refractivity contribution < 1.29 is 4.79 Å². The number of carbonyl (C=O) groups is 1. The number of amides is 1. The van der Waals surface area contributed by atoms with E-state index in [-0.39, 0.29) is 11.9 Å². The summed E-state index contributed by atoms with van der Waals surface area (Å²) >= 11 is 3.06. The zero-order valence-electron chi connectivity index (χ0n) is 11.5. The third kappa shape index (κ3) is 2.86. The summed E-state index contributed by atoms with van der Waals surface area (Å²) in [5.74, 6) is -0.117. The van der Waals surface area contributed by atoms with Gasteiger partial charge in [-0.2, -0.15) is 4.68 Å². The molecule has 108 valence electrons. The van der Waals surface area contributed by atoms with Gasteiger partial charge in [0, 0.05) is 9.75 Å². The van der Waals surface area contributed by atoms with E-state index in [2.05, 4.69) is 33.8 Å². The fourth-order valence-electron chi connectivity index (χ4n) is 1.94. The maximum absolute atomic E-state index is 12.4. The number of nitrogens with one attached hydrogen (secondary N) is 1. The second-order valence-corrected chi connectivity index (χ2v) is 6.77. The first-order valence-electron chi connectivity index (χ1n) is 6.33. The van der Waals surface area contributed by atoms with Gasteiger partial charge < -0.3 is 5.32 Å². The number of hydrogen-bond acceptors (Lipinski definition) is 6. The monoisotopic (exact) mass is 319 g/mol. The van der Waals surface area contributed by atoms with Crippen molar-refractivity contribution in [1.82, 2.24) is 25.5 Å². The van der Waals surface area contributed by atoms with Crippen LogP contribution in [0.25, 0.3) is 5.69 Å². The molecule has 3 rings (SSSR count). The van der Waals surface area contributed by atoms with Crippen LogP contribution in [-0.2, 0) is 0 Å². The largest absolute Gasteiger partial charge is 0.344 e. The van der Waals surface area contributed by atoms with Gasteiger partial charge in [0.1, 0.15) is 11.2 Å². The lowest BCUT2D eigenvalue weighted by molar-refractivity contribution is 0.0944. The van der Waals surface area contributed by atoms with Crippen LogP contribution in [0.3, 0.4) is 0 Å². The summed E-state index contributed by atoms with van der Waals surface area (Å²) in [6, 6.07) is 5.90. The molecular formula is C13H13N5OS2. The maximum Gasteiger partial charge on any atom is 0.264 e. The molecule has 3 aromatic rings. The molecule has 21 heavy (non-hydrogen) atoms. The Morgan fingerprint density at radius 1 is 1.38 bits per heavy atom. The van der Waals surface area contributed by atoms with E-state index in [0.717, 1.165) is 4.88 Å². The van der Waals surface area contributed by atoms with Crippen molar-refractivity contribution in [3.8, 4) is 5.69 Å². The molecule has 0 aromatic carbocycles. The molecule has 1 amide bonds. The standard InChI is InChI=1S/C13H13N5OS2/c1-8-3-4-11(21-8)9(2)15-13(19)12-10(5-6-20-12)18-7-14-16-17-18/h3-7,9H,1-2H3,(H,15,19)/t9-/m1/s1. The van der Waals surface area contributed by atoms with Gasteiger partial charge in [0.15, 0.2) is 0 Å². The van der Waals surface area contributed by atoms with E-state index >= 15 is 0 Å². The molecule has 0 unspecified atom stereocenters. The number of aromatic nitrogens is 4. The Bertz CT molecular complexity index is 746. The van der Waals surface area contributed by atoms with Gasteiger partial charge in [-0.25, -0.2) is 0 Å². The fraction of sp³-hybridized carbons (Fsp3) is 0.231. The Kier molecular flexibility index (Phi) is 3.80. The zero-order chi connectivity index (χ0) is 14.8. The van der Waals surface area contributed by atoms with Crippen LogP contribution < -0.4 is 5.32 Å². The number of hydrogen-bond donors (Lipinski definition) is 1. The minimum atomic E-state index is -0.117. The highest BCUT2D eigenvalue weighted by atomic mass is 32.1. The SMILES string of the molecule is Cc1ccc([C@@H](C)NC(=O)c2sccc2-n2cnnn2)s1. The minimum absolute atomic E-state index is 0.0278. The molecule has 3 heterocycles. The maximum atomic E-state index is 12.4. The van der Waals surface area contributed by atoms with Gasteiger partial charge in [-0.05, 0) is 47.9 Å². The van der Waals surface area contributed by atoms with Crippen LogP contribution in [-0.4, -0.2) is 26.1 Å². The van der Waals surface area contributed by atoms with Gasteiger partial charge in [0.05, 0.1) is 11.7 Å². The normalized spacial score (nSPS) is 12.3. The van der Waals surface area contributed by atoms with E-state index in [1.165, 1.54) is 27.2 Å². The van der Waals surface area contributed by atoms with Gasteiger partial charge in [0.2, 0.25) is 0 Å². The second kappa shape index (κ2) is 5.74. The van der Waals surface area contributed by atoms with Crippen molar-refractivity contribution in [3.05, 3.63) is 44.5 Å². The van der Waals surface area contributed by atoms with Gasteiger partial charge in [0.25, 0.3) is 5.91 Å². The Labute approximate surface area is 129 Å². The van der Waals surface area contributed by atoms with Gasteiger partial charge in [-0.15, -0.1) is 27.8 Å². The van der Waals surface area contributed by atoms with Crippen molar-refractivity contribution in [2.45, 2.75) is 19.9 Å². The third-order valence-corrected chi connectivity index (χ3v) is 5.07. The molecule has 3 aromatic heterocycles. The number of aryl methyl sites for hydroxylation is 1. The summed E-state index contributed by atoms with van der Waals surface area (Å²) in [6.07, 6.45) is 1.48. The van der Waals surface area contributed by atoms with E-state index in [1.54, 1.807) is 11.3 Å². The van der Waals surface area contributed by atoms with E-state index in [1.807, 2.05) is 24.4 Å². The highest BCUT2D eigenvalue weighted by Crippen LogP contribution is 2.24. The Balaban J connectivity index is 1.79. The quantitative estimate of drug-likeness (QED) is 0.802. The topological polar surface area (TPSA) is 72.7 Å². The first kappa shape index (κ1) is 13.9. The minimum Gasteiger partial charge on any atom is -0.344 e. The van der Waals surface area contributed by atoms with Crippen molar-refractivity contribution in [3.63, 3.8) is 0 Å². The number of rotatable bonds is 4. The van der Waals surface area contributed by atoms with Crippen LogP contribution in [0.5, 0.6) is 0 Å². The average molecular weight is 319 g/mol. The number of carbonyl (C=O) groups excluding carboxylic acids is 1. The Morgan fingerprint density at radius 3 is 2.90 bits per heavy atom. The second-order valence-electron chi connectivity index (χ2n) is 4.53. The third-order valence-electron chi connectivity index (χ3n) is 2.98. The van der Waals surface area contributed by atoms with E-state index in [4.69, 9.17) is 0 Å². The van der Waals surface area contributed by atoms with Crippen LogP contribution in [0.15, 0.2) is 29.9 Å². The van der Waals surface area contributed by atoms with Crippen LogP contribution in [0.1, 0.15) is 32.4 Å². The molecule has 0 aliphatic heterocycles. The molecule has 1 atom stereocenters. The molecule has 0 saturated carbocycles. The van der Waals surface area contributed by atoms with Gasteiger partial charge in [-0.3, -0.25) is 4.79 Å². The first-order chi connectivity index (χ1) is 10.1.